The smallest absolute Gasteiger partial charge is 0.244 e. The normalized spacial score (nSPS) is 18.1. The number of hydrogen-bond donors (Lipinski definition) is 3. The lowest BCUT2D eigenvalue weighted by Crippen LogP contribution is -2.40. The molecule has 3 N–H and O–H groups in total. The van der Waals surface area contributed by atoms with E-state index < -0.39 is 0 Å². The molecule has 0 unspecified atom stereocenters. The maximum atomic E-state index is 13.9. The van der Waals surface area contributed by atoms with Gasteiger partial charge in [0.25, 0.3) is 0 Å². The van der Waals surface area contributed by atoms with E-state index in [-0.39, 0.29) is 29.9 Å². The summed E-state index contributed by atoms with van der Waals surface area (Å²) in [5.41, 5.74) is 7.85. The zero-order chi connectivity index (χ0) is 34.7. The van der Waals surface area contributed by atoms with Crippen LogP contribution in [0.4, 0.5) is 0 Å². The first kappa shape index (κ1) is 32.7. The Morgan fingerprint density at radius 3 is 2.27 bits per heavy atom. The molecule has 2 aromatic heterocycles. The fraction of sp³-hybridized carbons (Fsp3) is 0.286. The lowest BCUT2D eigenvalue weighted by atomic mass is 10.0. The number of nitrogens with zero attached hydrogens (tertiary/aromatic N) is 4. The lowest BCUT2D eigenvalue weighted by molar-refractivity contribution is -0.134. The highest BCUT2D eigenvalue weighted by Gasteiger charge is 2.36. The summed E-state index contributed by atoms with van der Waals surface area (Å²) >= 11 is 0. The van der Waals surface area contributed by atoms with Crippen LogP contribution in [0.5, 0.6) is 0 Å². The monoisotopic (exact) mass is 677 g/mol. The molecule has 8 rings (SSSR count). The summed E-state index contributed by atoms with van der Waals surface area (Å²) in [5.74, 6) is 1.89. The van der Waals surface area contributed by atoms with Gasteiger partial charge in [-0.15, -0.1) is 0 Å². The first-order valence-electron chi connectivity index (χ1n) is 18.1. The maximum absolute atomic E-state index is 13.9. The van der Waals surface area contributed by atoms with Crippen molar-refractivity contribution in [1.29, 1.82) is 0 Å². The molecule has 0 radical (unpaired) electrons. The van der Waals surface area contributed by atoms with Crippen LogP contribution in [-0.4, -0.2) is 61.2 Å². The maximum Gasteiger partial charge on any atom is 0.244 e. The van der Waals surface area contributed by atoms with Crippen molar-refractivity contribution in [3.8, 4) is 22.4 Å². The van der Waals surface area contributed by atoms with E-state index in [1.165, 1.54) is 0 Å². The van der Waals surface area contributed by atoms with Gasteiger partial charge in [0.2, 0.25) is 11.8 Å². The van der Waals surface area contributed by atoms with Crippen molar-refractivity contribution < 1.29 is 9.59 Å². The van der Waals surface area contributed by atoms with Crippen molar-refractivity contribution in [3.63, 3.8) is 0 Å². The number of carbonyl (C=O) groups excluding carboxylic acids is 2. The van der Waals surface area contributed by atoms with Crippen LogP contribution in [-0.2, 0) is 16.0 Å². The van der Waals surface area contributed by atoms with E-state index in [4.69, 9.17) is 9.97 Å². The van der Waals surface area contributed by atoms with E-state index >= 15 is 0 Å². The molecule has 2 amide bonds. The number of hydrogen-bond acceptors (Lipinski definition) is 5. The van der Waals surface area contributed by atoms with Gasteiger partial charge < -0.3 is 25.1 Å². The molecule has 4 heterocycles. The minimum absolute atomic E-state index is 0.0478. The van der Waals surface area contributed by atoms with Gasteiger partial charge in [-0.3, -0.25) is 9.59 Å². The Morgan fingerprint density at radius 2 is 1.49 bits per heavy atom. The molecule has 9 nitrogen and oxygen atoms in total. The number of nitrogens with one attached hydrogen (secondary N) is 3. The summed E-state index contributed by atoms with van der Waals surface area (Å²) in [7, 11) is 0. The molecule has 2 aliphatic rings. The van der Waals surface area contributed by atoms with E-state index in [1.807, 2.05) is 83.6 Å². The molecule has 2 fully saturated rings. The summed E-state index contributed by atoms with van der Waals surface area (Å²) < 4.78 is 0. The number of carbonyl (C=O) groups is 2. The molecule has 6 aromatic rings. The number of benzene rings is 4. The van der Waals surface area contributed by atoms with Crippen LogP contribution in [0.25, 0.3) is 33.4 Å². The standard InChI is InChI=1S/C42H43N7O2/c1-2-43-39(29-14-7-4-8-15-29)42(51)49-23-11-19-37(49)41-45-33-21-20-31(26-34(33)46-41)30-16-9-17-32(25-30)35-27-44-40(47-35)36-18-10-22-48(36)38(50)24-28-12-5-3-6-13-28/h3-9,12-17,20-21,25-27,36-37,39,43H,2,10-11,18-19,22-24H2,1H3,(H,44,47)(H,45,46)/t36-,37-,39+/m0/s1. The van der Waals surface area contributed by atoms with Crippen LogP contribution < -0.4 is 5.32 Å². The topological polar surface area (TPSA) is 110 Å². The average Bonchev–Trinajstić information content (AvgIpc) is 4.00. The number of rotatable bonds is 10. The molecule has 3 atom stereocenters. The van der Waals surface area contributed by atoms with Crippen LogP contribution in [0.2, 0.25) is 0 Å². The van der Waals surface area contributed by atoms with Crippen LogP contribution in [0, 0.1) is 0 Å². The van der Waals surface area contributed by atoms with Gasteiger partial charge in [-0.05, 0) is 72.7 Å². The largest absolute Gasteiger partial charge is 0.346 e. The molecule has 0 spiro atoms. The Hall–Kier alpha value is -5.54. The average molecular weight is 678 g/mol. The molecule has 0 saturated carbocycles. The highest BCUT2D eigenvalue weighted by molar-refractivity contribution is 5.85. The third-order valence-corrected chi connectivity index (χ3v) is 10.3. The van der Waals surface area contributed by atoms with Crippen molar-refractivity contribution in [2.45, 2.75) is 57.2 Å². The zero-order valence-corrected chi connectivity index (χ0v) is 28.9. The number of likely N-dealkylation sites (N-methyl/N-ethyl adjacent to an activating group) is 1. The minimum atomic E-state index is -0.384. The third-order valence-electron chi connectivity index (χ3n) is 10.3. The SMILES string of the molecule is CCN[C@@H](C(=O)N1CCC[C@H]1c1nc2ccc(-c3cccc(-c4c[nH]c([C@@H]5CCCN5C(=O)Cc5ccccc5)n4)c3)cc2[nH]1)c1ccccc1. The molecule has 2 aliphatic heterocycles. The summed E-state index contributed by atoms with van der Waals surface area (Å²) in [5, 5.41) is 3.40. The molecular formula is C42H43N7O2. The molecule has 258 valence electrons. The fourth-order valence-electron chi connectivity index (χ4n) is 7.78. The number of amides is 2. The van der Waals surface area contributed by atoms with Gasteiger partial charge in [-0.25, -0.2) is 9.97 Å². The van der Waals surface area contributed by atoms with E-state index in [1.54, 1.807) is 0 Å². The van der Waals surface area contributed by atoms with E-state index in [0.29, 0.717) is 19.5 Å². The van der Waals surface area contributed by atoms with Gasteiger partial charge in [0.15, 0.2) is 0 Å². The van der Waals surface area contributed by atoms with Crippen molar-refractivity contribution in [2.24, 2.45) is 0 Å². The quantitative estimate of drug-likeness (QED) is 0.139. The van der Waals surface area contributed by atoms with Gasteiger partial charge >= 0.3 is 0 Å². The molecule has 51 heavy (non-hydrogen) atoms. The Morgan fingerprint density at radius 1 is 0.784 bits per heavy atom. The van der Waals surface area contributed by atoms with Crippen molar-refractivity contribution in [3.05, 3.63) is 132 Å². The first-order valence-corrected chi connectivity index (χ1v) is 18.1. The van der Waals surface area contributed by atoms with Crippen LogP contribution in [0.3, 0.4) is 0 Å². The predicted octanol–water partition coefficient (Wildman–Crippen LogP) is 7.54. The van der Waals surface area contributed by atoms with E-state index in [9.17, 15) is 9.59 Å². The highest BCUT2D eigenvalue weighted by Crippen LogP contribution is 2.36. The molecule has 9 heteroatoms. The Bertz CT molecular complexity index is 2140. The van der Waals surface area contributed by atoms with E-state index in [2.05, 4.69) is 57.7 Å². The van der Waals surface area contributed by atoms with Gasteiger partial charge in [0, 0.05) is 24.8 Å². The number of imidazole rings is 2. The van der Waals surface area contributed by atoms with Crippen LogP contribution in [0.1, 0.15) is 73.5 Å². The Labute approximate surface area is 298 Å². The van der Waals surface area contributed by atoms with Gasteiger partial charge in [0.1, 0.15) is 17.7 Å². The Kier molecular flexibility index (Phi) is 9.20. The first-order chi connectivity index (χ1) is 25.1. The van der Waals surface area contributed by atoms with Gasteiger partial charge in [-0.1, -0.05) is 91.9 Å². The fourth-order valence-corrected chi connectivity index (χ4v) is 7.78. The third kappa shape index (κ3) is 6.69. The second kappa shape index (κ2) is 14.4. The number of fused-ring (bicyclic) bond motifs is 1. The van der Waals surface area contributed by atoms with Crippen molar-refractivity contribution in [2.75, 3.05) is 19.6 Å². The molecule has 4 aromatic carbocycles. The molecule has 0 aliphatic carbocycles. The summed E-state index contributed by atoms with van der Waals surface area (Å²) in [6.07, 6.45) is 6.03. The number of aromatic amines is 2. The van der Waals surface area contributed by atoms with Crippen LogP contribution >= 0.6 is 0 Å². The summed E-state index contributed by atoms with van der Waals surface area (Å²) in [4.78, 5) is 48.1. The predicted molar refractivity (Wildman–Crippen MR) is 199 cm³/mol. The summed E-state index contributed by atoms with van der Waals surface area (Å²) in [6.45, 7) is 4.20. The zero-order valence-electron chi connectivity index (χ0n) is 28.9. The van der Waals surface area contributed by atoms with Crippen LogP contribution in [0.15, 0.2) is 109 Å². The molecule has 2 saturated heterocycles. The van der Waals surface area contributed by atoms with E-state index in [0.717, 1.165) is 88.4 Å². The summed E-state index contributed by atoms with van der Waals surface area (Å²) in [6, 6.07) is 34.1. The molecular weight excluding hydrogens is 635 g/mol. The second-order valence-corrected chi connectivity index (χ2v) is 13.6. The lowest BCUT2D eigenvalue weighted by Gasteiger charge is -2.28. The van der Waals surface area contributed by atoms with Crippen molar-refractivity contribution in [1.82, 2.24) is 35.1 Å². The minimum Gasteiger partial charge on any atom is -0.346 e. The number of H-pyrrole nitrogens is 2. The molecule has 0 bridgehead atoms. The number of aromatic nitrogens is 4. The van der Waals surface area contributed by atoms with Gasteiger partial charge in [0.05, 0.1) is 35.2 Å². The number of likely N-dealkylation sites (tertiary alicyclic amines) is 2. The second-order valence-electron chi connectivity index (χ2n) is 13.6. The van der Waals surface area contributed by atoms with Gasteiger partial charge in [-0.2, -0.15) is 0 Å². The van der Waals surface area contributed by atoms with Crippen molar-refractivity contribution >= 4 is 22.8 Å². The highest BCUT2D eigenvalue weighted by atomic mass is 16.2. The Balaban J connectivity index is 0.999.